The van der Waals surface area contributed by atoms with Gasteiger partial charge in [0.15, 0.2) is 0 Å². The Kier molecular flexibility index (Phi) is 3.45. The number of rotatable bonds is 5. The van der Waals surface area contributed by atoms with E-state index in [1.54, 1.807) is 0 Å². The van der Waals surface area contributed by atoms with E-state index in [0.29, 0.717) is 6.04 Å². The van der Waals surface area contributed by atoms with E-state index >= 15 is 0 Å². The van der Waals surface area contributed by atoms with Gasteiger partial charge in [-0.15, -0.1) is 11.3 Å². The first-order chi connectivity index (χ1) is 10.4. The number of nitrogens with zero attached hydrogens (tertiary/aromatic N) is 1. The van der Waals surface area contributed by atoms with E-state index in [1.807, 2.05) is 23.6 Å². The van der Waals surface area contributed by atoms with Crippen molar-refractivity contribution >= 4 is 22.2 Å². The van der Waals surface area contributed by atoms with Gasteiger partial charge in [0.1, 0.15) is 0 Å². The van der Waals surface area contributed by atoms with Gasteiger partial charge >= 0.3 is 0 Å². The molecule has 3 aromatic rings. The highest BCUT2D eigenvalue weighted by molar-refractivity contribution is 7.10. The van der Waals surface area contributed by atoms with Crippen LogP contribution in [0.5, 0.6) is 0 Å². The average molecular weight is 294 g/mol. The fourth-order valence-corrected chi connectivity index (χ4v) is 3.82. The van der Waals surface area contributed by atoms with Crippen LogP contribution in [0.25, 0.3) is 10.9 Å². The molecule has 106 valence electrons. The van der Waals surface area contributed by atoms with Gasteiger partial charge in [0, 0.05) is 29.0 Å². The molecule has 0 saturated heterocycles. The zero-order valence-corrected chi connectivity index (χ0v) is 12.6. The Labute approximate surface area is 128 Å². The summed E-state index contributed by atoms with van der Waals surface area (Å²) in [5, 5.41) is 7.15. The number of fused-ring (bicyclic) bond motifs is 1. The molecule has 0 amide bonds. The molecule has 1 saturated carbocycles. The first-order valence-corrected chi connectivity index (χ1v) is 8.39. The van der Waals surface area contributed by atoms with Crippen molar-refractivity contribution in [2.75, 3.05) is 0 Å². The van der Waals surface area contributed by atoms with Crippen LogP contribution in [-0.2, 0) is 6.54 Å². The maximum absolute atomic E-state index is 4.54. The Hall–Kier alpha value is -1.71. The van der Waals surface area contributed by atoms with Crippen LogP contribution >= 0.6 is 11.3 Å². The molecule has 1 unspecified atom stereocenters. The normalized spacial score (nSPS) is 16.2. The molecule has 2 nitrogen and oxygen atoms in total. The van der Waals surface area contributed by atoms with Gasteiger partial charge in [-0.25, -0.2) is 0 Å². The Morgan fingerprint density at radius 2 is 2.05 bits per heavy atom. The van der Waals surface area contributed by atoms with E-state index in [-0.39, 0.29) is 0 Å². The molecule has 0 bridgehead atoms. The Bertz CT molecular complexity index is 727. The third kappa shape index (κ3) is 2.71. The van der Waals surface area contributed by atoms with Crippen molar-refractivity contribution in [2.45, 2.75) is 25.4 Å². The molecule has 1 fully saturated rings. The topological polar surface area (TPSA) is 24.9 Å². The van der Waals surface area contributed by atoms with Crippen LogP contribution in [0.2, 0.25) is 0 Å². The largest absolute Gasteiger partial charge is 0.305 e. The smallest absolute Gasteiger partial charge is 0.0746 e. The monoisotopic (exact) mass is 294 g/mol. The number of hydrogen-bond acceptors (Lipinski definition) is 3. The predicted octanol–water partition coefficient (Wildman–Crippen LogP) is 4.54. The summed E-state index contributed by atoms with van der Waals surface area (Å²) in [6.45, 7) is 0.882. The second-order valence-electron chi connectivity index (χ2n) is 5.70. The van der Waals surface area contributed by atoms with Crippen LogP contribution in [0.3, 0.4) is 0 Å². The number of nitrogens with one attached hydrogen (secondary N) is 1. The minimum Gasteiger partial charge on any atom is -0.305 e. The zero-order valence-electron chi connectivity index (χ0n) is 11.8. The first-order valence-electron chi connectivity index (χ1n) is 7.51. The van der Waals surface area contributed by atoms with Crippen LogP contribution in [0.1, 0.15) is 29.3 Å². The molecule has 1 aliphatic rings. The minimum atomic E-state index is 0.504. The van der Waals surface area contributed by atoms with Crippen molar-refractivity contribution in [3.8, 4) is 0 Å². The van der Waals surface area contributed by atoms with E-state index in [2.05, 4.69) is 52.1 Å². The summed E-state index contributed by atoms with van der Waals surface area (Å²) < 4.78 is 0. The van der Waals surface area contributed by atoms with Crippen LogP contribution in [0.4, 0.5) is 0 Å². The summed E-state index contributed by atoms with van der Waals surface area (Å²) in [5.74, 6) is 0.812. The molecule has 0 spiro atoms. The Morgan fingerprint density at radius 3 is 2.86 bits per heavy atom. The third-order valence-electron chi connectivity index (χ3n) is 4.17. The van der Waals surface area contributed by atoms with Crippen molar-refractivity contribution in [3.63, 3.8) is 0 Å². The van der Waals surface area contributed by atoms with E-state index < -0.39 is 0 Å². The summed E-state index contributed by atoms with van der Waals surface area (Å²) in [7, 11) is 0. The molecule has 0 radical (unpaired) electrons. The van der Waals surface area contributed by atoms with Gasteiger partial charge in [-0.05, 0) is 41.8 Å². The average Bonchev–Trinajstić information content (AvgIpc) is 3.22. The van der Waals surface area contributed by atoms with E-state index in [1.165, 1.54) is 28.7 Å². The van der Waals surface area contributed by atoms with E-state index in [0.717, 1.165) is 18.0 Å². The molecule has 4 rings (SSSR count). The van der Waals surface area contributed by atoms with Crippen LogP contribution in [0, 0.1) is 5.92 Å². The van der Waals surface area contributed by atoms with E-state index in [4.69, 9.17) is 0 Å². The highest BCUT2D eigenvalue weighted by Crippen LogP contribution is 2.42. The van der Waals surface area contributed by atoms with Crippen molar-refractivity contribution in [1.82, 2.24) is 10.3 Å². The third-order valence-corrected chi connectivity index (χ3v) is 5.13. The number of para-hydroxylation sites is 1. The molecule has 2 aromatic heterocycles. The molecule has 1 atom stereocenters. The SMILES string of the molecule is c1csc(C(NCc2cccc3cccnc23)C2CC2)c1. The first kappa shape index (κ1) is 13.0. The second kappa shape index (κ2) is 5.58. The van der Waals surface area contributed by atoms with Gasteiger partial charge in [0.25, 0.3) is 0 Å². The quantitative estimate of drug-likeness (QED) is 0.747. The molecule has 0 aliphatic heterocycles. The fraction of sp³-hybridized carbons (Fsp3) is 0.278. The molecule has 21 heavy (non-hydrogen) atoms. The lowest BCUT2D eigenvalue weighted by atomic mass is 10.1. The van der Waals surface area contributed by atoms with Crippen molar-refractivity contribution in [1.29, 1.82) is 0 Å². The van der Waals surface area contributed by atoms with Crippen molar-refractivity contribution < 1.29 is 0 Å². The molecule has 2 heterocycles. The van der Waals surface area contributed by atoms with Gasteiger partial charge in [-0.2, -0.15) is 0 Å². The lowest BCUT2D eigenvalue weighted by Gasteiger charge is -2.17. The lowest BCUT2D eigenvalue weighted by molar-refractivity contribution is 0.488. The summed E-state index contributed by atoms with van der Waals surface area (Å²) in [6, 6.07) is 15.5. The highest BCUT2D eigenvalue weighted by Gasteiger charge is 2.32. The summed E-state index contributed by atoms with van der Waals surface area (Å²) in [6.07, 6.45) is 4.58. The molecule has 1 aliphatic carbocycles. The molecule has 3 heteroatoms. The van der Waals surface area contributed by atoms with Gasteiger partial charge in [0.2, 0.25) is 0 Å². The number of hydrogen-bond donors (Lipinski definition) is 1. The Morgan fingerprint density at radius 1 is 1.14 bits per heavy atom. The molecular weight excluding hydrogens is 276 g/mol. The number of thiophene rings is 1. The number of aromatic nitrogens is 1. The predicted molar refractivity (Wildman–Crippen MR) is 88.4 cm³/mol. The number of benzene rings is 1. The van der Waals surface area contributed by atoms with Crippen LogP contribution in [0.15, 0.2) is 54.0 Å². The van der Waals surface area contributed by atoms with Crippen LogP contribution < -0.4 is 5.32 Å². The summed E-state index contributed by atoms with van der Waals surface area (Å²) in [4.78, 5) is 6.01. The molecule has 1 aromatic carbocycles. The van der Waals surface area contributed by atoms with Crippen LogP contribution in [-0.4, -0.2) is 4.98 Å². The van der Waals surface area contributed by atoms with E-state index in [9.17, 15) is 0 Å². The second-order valence-corrected chi connectivity index (χ2v) is 6.68. The maximum Gasteiger partial charge on any atom is 0.0746 e. The Balaban J connectivity index is 1.57. The van der Waals surface area contributed by atoms with Gasteiger partial charge < -0.3 is 5.32 Å². The standard InChI is InChI=1S/C18H18N2S/c1-4-13-6-2-10-19-17(13)15(5-1)12-20-18(14-8-9-14)16-7-3-11-21-16/h1-7,10-11,14,18,20H,8-9,12H2. The maximum atomic E-state index is 4.54. The van der Waals surface area contributed by atoms with Gasteiger partial charge in [-0.1, -0.05) is 30.3 Å². The zero-order chi connectivity index (χ0) is 14.1. The van der Waals surface area contributed by atoms with Gasteiger partial charge in [0.05, 0.1) is 5.52 Å². The summed E-state index contributed by atoms with van der Waals surface area (Å²) >= 11 is 1.86. The van der Waals surface area contributed by atoms with Crippen molar-refractivity contribution in [2.24, 2.45) is 5.92 Å². The summed E-state index contributed by atoms with van der Waals surface area (Å²) in [5.41, 5.74) is 2.41. The highest BCUT2D eigenvalue weighted by atomic mass is 32.1. The van der Waals surface area contributed by atoms with Crippen molar-refractivity contribution in [3.05, 3.63) is 64.5 Å². The fourth-order valence-electron chi connectivity index (χ4n) is 2.93. The minimum absolute atomic E-state index is 0.504. The lowest BCUT2D eigenvalue weighted by Crippen LogP contribution is -2.22. The molecule has 1 N–H and O–H groups in total. The van der Waals surface area contributed by atoms with Gasteiger partial charge in [-0.3, -0.25) is 4.98 Å². The molecular formula is C18H18N2S. The number of pyridine rings is 1.